The van der Waals surface area contributed by atoms with Crippen molar-refractivity contribution in [3.8, 4) is 0 Å². The molecule has 14 heteroatoms. The van der Waals surface area contributed by atoms with E-state index in [9.17, 15) is 48.3 Å². The second-order valence-corrected chi connectivity index (χ2v) is 5.17. The van der Waals surface area contributed by atoms with Gasteiger partial charge in [0.25, 0.3) is 0 Å². The van der Waals surface area contributed by atoms with Crippen LogP contribution in [-0.2, 0) is 9.47 Å². The van der Waals surface area contributed by atoms with Gasteiger partial charge in [-0.2, -0.15) is 48.3 Å². The molecule has 0 aliphatic carbocycles. The minimum atomic E-state index is -6.26. The van der Waals surface area contributed by atoms with Gasteiger partial charge in [-0.15, -0.1) is 0 Å². The quantitative estimate of drug-likeness (QED) is 0.280. The molecule has 1 saturated heterocycles. The SMILES string of the molecule is CC(C)=CCOC(=CN1C(F)(F)C(F)(F)OC(F)(F)C1(F)F)C(F)(F)F. The lowest BCUT2D eigenvalue weighted by atomic mass is 10.2. The van der Waals surface area contributed by atoms with E-state index in [0.29, 0.717) is 5.57 Å². The number of nitrogens with zero attached hydrogens (tertiary/aromatic N) is 1. The van der Waals surface area contributed by atoms with Crippen LogP contribution in [0.3, 0.4) is 0 Å². The van der Waals surface area contributed by atoms with Crippen molar-refractivity contribution >= 4 is 0 Å². The molecule has 3 nitrogen and oxygen atoms in total. The highest BCUT2D eigenvalue weighted by Crippen LogP contribution is 2.56. The predicted molar refractivity (Wildman–Crippen MR) is 62.2 cm³/mol. The van der Waals surface area contributed by atoms with Crippen LogP contribution in [0.15, 0.2) is 23.6 Å². The summed E-state index contributed by atoms with van der Waals surface area (Å²) in [5.74, 6) is -2.62. The molecule has 1 rings (SSSR count). The third-order valence-corrected chi connectivity index (χ3v) is 2.82. The largest absolute Gasteiger partial charge is 0.484 e. The van der Waals surface area contributed by atoms with Crippen LogP contribution < -0.4 is 0 Å². The summed E-state index contributed by atoms with van der Waals surface area (Å²) in [5, 5.41) is 0. The van der Waals surface area contributed by atoms with Crippen molar-refractivity contribution in [3.63, 3.8) is 0 Å². The zero-order valence-corrected chi connectivity index (χ0v) is 12.8. The summed E-state index contributed by atoms with van der Waals surface area (Å²) < 4.78 is 150. The van der Waals surface area contributed by atoms with Gasteiger partial charge in [-0.25, -0.2) is 9.64 Å². The molecule has 0 aromatic heterocycles. The first-order valence-corrected chi connectivity index (χ1v) is 6.42. The number of hydrogen-bond acceptors (Lipinski definition) is 3. The van der Waals surface area contributed by atoms with Gasteiger partial charge in [0.2, 0.25) is 5.76 Å². The van der Waals surface area contributed by atoms with Crippen molar-refractivity contribution < 1.29 is 57.8 Å². The summed E-state index contributed by atoms with van der Waals surface area (Å²) in [6.45, 7) is 1.78. The maximum Gasteiger partial charge on any atom is 0.450 e. The number of morpholine rings is 1. The Labute approximate surface area is 138 Å². The van der Waals surface area contributed by atoms with E-state index in [-0.39, 0.29) is 0 Å². The van der Waals surface area contributed by atoms with E-state index < -0.39 is 54.0 Å². The molecule has 152 valence electrons. The van der Waals surface area contributed by atoms with Gasteiger partial charge in [-0.05, 0) is 19.9 Å². The molecule has 1 heterocycles. The number of allylic oxidation sites excluding steroid dienone is 2. The van der Waals surface area contributed by atoms with E-state index in [1.807, 2.05) is 0 Å². The van der Waals surface area contributed by atoms with Gasteiger partial charge in [0.1, 0.15) is 6.61 Å². The van der Waals surface area contributed by atoms with Gasteiger partial charge in [-0.1, -0.05) is 5.57 Å². The number of alkyl halides is 11. The van der Waals surface area contributed by atoms with Gasteiger partial charge in [0, 0.05) is 0 Å². The molecule has 1 aliphatic heterocycles. The van der Waals surface area contributed by atoms with Crippen molar-refractivity contribution in [2.45, 2.75) is 44.3 Å². The minimum absolute atomic E-state index is 0.367. The Morgan fingerprint density at radius 1 is 0.923 bits per heavy atom. The summed E-state index contributed by atoms with van der Waals surface area (Å²) in [5.41, 5.74) is 0.367. The van der Waals surface area contributed by atoms with Crippen LogP contribution >= 0.6 is 0 Å². The monoisotopic (exact) mass is 409 g/mol. The molecular formula is C12H10F11NO2. The first-order valence-electron chi connectivity index (χ1n) is 6.42. The first-order chi connectivity index (χ1) is 11.4. The molecule has 1 aliphatic rings. The van der Waals surface area contributed by atoms with E-state index in [4.69, 9.17) is 0 Å². The van der Waals surface area contributed by atoms with Crippen LogP contribution in [0.2, 0.25) is 0 Å². The number of halogens is 11. The lowest BCUT2D eigenvalue weighted by molar-refractivity contribution is -0.555. The van der Waals surface area contributed by atoms with Gasteiger partial charge in [-0.3, -0.25) is 0 Å². The molecular weight excluding hydrogens is 399 g/mol. The minimum Gasteiger partial charge on any atom is -0.484 e. The van der Waals surface area contributed by atoms with Crippen molar-refractivity contribution in [2.75, 3.05) is 6.61 Å². The number of hydrogen-bond donors (Lipinski definition) is 0. The van der Waals surface area contributed by atoms with Crippen LogP contribution in [0.1, 0.15) is 13.8 Å². The van der Waals surface area contributed by atoms with Crippen LogP contribution in [0.25, 0.3) is 0 Å². The third-order valence-electron chi connectivity index (χ3n) is 2.82. The van der Waals surface area contributed by atoms with Crippen molar-refractivity contribution in [1.29, 1.82) is 0 Å². The molecule has 0 radical (unpaired) electrons. The Balaban J connectivity index is 3.47. The lowest BCUT2D eigenvalue weighted by Gasteiger charge is -2.46. The predicted octanol–water partition coefficient (Wildman–Crippen LogP) is 5.08. The topological polar surface area (TPSA) is 21.7 Å². The van der Waals surface area contributed by atoms with Crippen LogP contribution in [0.4, 0.5) is 48.3 Å². The zero-order chi connectivity index (χ0) is 20.8. The fourth-order valence-corrected chi connectivity index (χ4v) is 1.51. The molecule has 0 atom stereocenters. The van der Waals surface area contributed by atoms with Crippen LogP contribution in [0, 0.1) is 0 Å². The van der Waals surface area contributed by atoms with Crippen molar-refractivity contribution in [1.82, 2.24) is 4.90 Å². The average Bonchev–Trinajstić information content (AvgIpc) is 2.37. The van der Waals surface area contributed by atoms with E-state index in [1.54, 1.807) is 0 Å². The van der Waals surface area contributed by atoms with Gasteiger partial charge in [0.15, 0.2) is 0 Å². The molecule has 0 saturated carbocycles. The standard InChI is InChI=1S/C12H10F11NO2/c1-6(2)3-4-25-7(8(13,14)15)5-24-9(16,17)11(20,21)26-12(22,23)10(24,18)19/h3,5H,4H2,1-2H3. The molecule has 0 amide bonds. The highest BCUT2D eigenvalue weighted by molar-refractivity contribution is 5.08. The number of ether oxygens (including phenoxy) is 2. The summed E-state index contributed by atoms with van der Waals surface area (Å²) in [7, 11) is 0. The van der Waals surface area contributed by atoms with Crippen molar-refractivity contribution in [2.24, 2.45) is 0 Å². The molecule has 0 aromatic rings. The molecule has 1 fully saturated rings. The van der Waals surface area contributed by atoms with Crippen LogP contribution in [-0.4, -0.2) is 42.0 Å². The normalized spacial score (nSPS) is 24.2. The molecule has 0 spiro atoms. The highest BCUT2D eigenvalue weighted by Gasteiger charge is 2.82. The van der Waals surface area contributed by atoms with Gasteiger partial charge < -0.3 is 4.74 Å². The summed E-state index contributed by atoms with van der Waals surface area (Å²) in [4.78, 5) is -2.42. The molecule has 0 unspecified atom stereocenters. The second kappa shape index (κ2) is 6.46. The Bertz CT molecular complexity index is 564. The Kier molecular flexibility index (Phi) is 5.54. The zero-order valence-electron chi connectivity index (χ0n) is 12.8. The summed E-state index contributed by atoms with van der Waals surface area (Å²) in [6, 6.07) is -12.5. The van der Waals surface area contributed by atoms with E-state index in [2.05, 4.69) is 9.47 Å². The van der Waals surface area contributed by atoms with E-state index in [1.165, 1.54) is 13.8 Å². The smallest absolute Gasteiger partial charge is 0.450 e. The number of rotatable bonds is 4. The van der Waals surface area contributed by atoms with E-state index in [0.717, 1.165) is 6.08 Å². The van der Waals surface area contributed by atoms with Crippen molar-refractivity contribution in [3.05, 3.63) is 23.6 Å². The lowest BCUT2D eigenvalue weighted by Crippen LogP contribution is -2.72. The second-order valence-electron chi connectivity index (χ2n) is 5.17. The molecule has 26 heavy (non-hydrogen) atoms. The van der Waals surface area contributed by atoms with Crippen LogP contribution in [0.5, 0.6) is 0 Å². The third kappa shape index (κ3) is 3.99. The maximum absolute atomic E-state index is 13.4. The highest BCUT2D eigenvalue weighted by atomic mass is 19.4. The first kappa shape index (κ1) is 22.3. The Hall–Kier alpha value is -1.73. The molecule has 0 bridgehead atoms. The fraction of sp³-hybridized carbons (Fsp3) is 0.667. The van der Waals surface area contributed by atoms with Gasteiger partial charge >= 0.3 is 30.5 Å². The Morgan fingerprint density at radius 2 is 1.35 bits per heavy atom. The molecule has 0 aromatic carbocycles. The maximum atomic E-state index is 13.4. The van der Waals surface area contributed by atoms with E-state index >= 15 is 0 Å². The summed E-state index contributed by atoms with van der Waals surface area (Å²) >= 11 is 0. The average molecular weight is 409 g/mol. The van der Waals surface area contributed by atoms with Gasteiger partial charge in [0.05, 0.1) is 6.20 Å². The Morgan fingerprint density at radius 3 is 1.69 bits per heavy atom. The summed E-state index contributed by atoms with van der Waals surface area (Å²) in [6.07, 6.45) is -18.6. The molecule has 0 N–H and O–H groups in total. The fourth-order valence-electron chi connectivity index (χ4n) is 1.51.